The first-order valence-electron chi connectivity index (χ1n) is 5.38. The monoisotopic (exact) mass is 313 g/mol. The van der Waals surface area contributed by atoms with Gasteiger partial charge in [0, 0.05) is 11.6 Å². The number of aromatic hydroxyl groups is 1. The molecular formula is C12H9Cl2N3O3. The maximum absolute atomic E-state index is 12.0. The van der Waals surface area contributed by atoms with Gasteiger partial charge in [0.05, 0.1) is 12.1 Å². The van der Waals surface area contributed by atoms with Crippen LogP contribution in [0.1, 0.15) is 10.4 Å². The van der Waals surface area contributed by atoms with Crippen molar-refractivity contribution in [3.05, 3.63) is 40.0 Å². The van der Waals surface area contributed by atoms with Crippen LogP contribution in [0.4, 0.5) is 5.95 Å². The molecule has 2 aromatic rings. The number of carbonyl (C=O) groups excluding carboxylic acids is 1. The molecule has 20 heavy (non-hydrogen) atoms. The van der Waals surface area contributed by atoms with Gasteiger partial charge in [-0.1, -0.05) is 23.2 Å². The highest BCUT2D eigenvalue weighted by Crippen LogP contribution is 2.24. The Labute approximate surface area is 124 Å². The van der Waals surface area contributed by atoms with Gasteiger partial charge in [0.25, 0.3) is 5.91 Å². The van der Waals surface area contributed by atoms with Crippen LogP contribution in [0.15, 0.2) is 24.3 Å². The van der Waals surface area contributed by atoms with Crippen molar-refractivity contribution in [2.24, 2.45) is 0 Å². The molecule has 0 bridgehead atoms. The number of carbonyl (C=O) groups is 1. The van der Waals surface area contributed by atoms with E-state index < -0.39 is 5.91 Å². The summed E-state index contributed by atoms with van der Waals surface area (Å²) < 4.78 is 4.92. The quantitative estimate of drug-likeness (QED) is 0.851. The molecule has 0 aliphatic carbocycles. The molecule has 1 amide bonds. The molecule has 104 valence electrons. The fourth-order valence-electron chi connectivity index (χ4n) is 1.38. The highest BCUT2D eigenvalue weighted by Gasteiger charge is 2.11. The first kappa shape index (κ1) is 14.4. The summed E-state index contributed by atoms with van der Waals surface area (Å²) in [5.41, 5.74) is 0.246. The van der Waals surface area contributed by atoms with E-state index in [0.29, 0.717) is 0 Å². The lowest BCUT2D eigenvalue weighted by Crippen LogP contribution is -2.14. The number of halogens is 2. The van der Waals surface area contributed by atoms with Gasteiger partial charge in [-0.25, -0.2) is 4.98 Å². The lowest BCUT2D eigenvalue weighted by atomic mass is 10.2. The van der Waals surface area contributed by atoms with E-state index in [9.17, 15) is 9.90 Å². The molecule has 1 heterocycles. The second kappa shape index (κ2) is 5.94. The van der Waals surface area contributed by atoms with Gasteiger partial charge in [0.15, 0.2) is 0 Å². The number of aromatic nitrogens is 2. The Morgan fingerprint density at radius 2 is 2.05 bits per heavy atom. The van der Waals surface area contributed by atoms with Crippen molar-refractivity contribution in [1.29, 1.82) is 0 Å². The molecule has 2 N–H and O–H groups in total. The van der Waals surface area contributed by atoms with E-state index in [1.807, 2.05) is 0 Å². The average molecular weight is 314 g/mol. The highest BCUT2D eigenvalue weighted by molar-refractivity contribution is 6.32. The van der Waals surface area contributed by atoms with Crippen molar-refractivity contribution >= 4 is 35.1 Å². The number of nitrogens with one attached hydrogen (secondary N) is 1. The third-order valence-electron chi connectivity index (χ3n) is 2.32. The first-order valence-corrected chi connectivity index (χ1v) is 6.13. The molecule has 0 unspecified atom stereocenters. The molecule has 2 rings (SSSR count). The topological polar surface area (TPSA) is 84.3 Å². The summed E-state index contributed by atoms with van der Waals surface area (Å²) in [6.45, 7) is 0. The Hall–Kier alpha value is -2.05. The Bertz CT molecular complexity index is 664. The maximum atomic E-state index is 12.0. The van der Waals surface area contributed by atoms with Crippen LogP contribution in [-0.2, 0) is 0 Å². The molecule has 1 aromatic heterocycles. The molecule has 0 atom stereocenters. The Kier molecular flexibility index (Phi) is 4.26. The van der Waals surface area contributed by atoms with Crippen LogP contribution < -0.4 is 10.1 Å². The second-order valence-corrected chi connectivity index (χ2v) is 4.47. The summed E-state index contributed by atoms with van der Waals surface area (Å²) in [4.78, 5) is 19.7. The van der Waals surface area contributed by atoms with Crippen LogP contribution >= 0.6 is 23.2 Å². The molecule has 0 aliphatic rings. The van der Waals surface area contributed by atoms with E-state index in [4.69, 9.17) is 27.9 Å². The van der Waals surface area contributed by atoms with Crippen molar-refractivity contribution in [3.63, 3.8) is 0 Å². The number of hydrogen-bond donors (Lipinski definition) is 2. The van der Waals surface area contributed by atoms with E-state index in [-0.39, 0.29) is 33.3 Å². The molecule has 0 saturated heterocycles. The SMILES string of the molecule is COc1cc(Cl)nc(NC(=O)c2ccc(O)c(Cl)c2)n1. The second-order valence-electron chi connectivity index (χ2n) is 3.68. The number of hydrogen-bond acceptors (Lipinski definition) is 5. The summed E-state index contributed by atoms with van der Waals surface area (Å²) >= 11 is 11.5. The van der Waals surface area contributed by atoms with E-state index in [0.717, 1.165) is 0 Å². The molecule has 6 nitrogen and oxygen atoms in total. The minimum absolute atomic E-state index is 0.00328. The summed E-state index contributed by atoms with van der Waals surface area (Å²) in [5, 5.41) is 12.0. The zero-order valence-corrected chi connectivity index (χ0v) is 11.7. The zero-order chi connectivity index (χ0) is 14.7. The molecule has 8 heteroatoms. The predicted octanol–water partition coefficient (Wildman–Crippen LogP) is 2.75. The van der Waals surface area contributed by atoms with Crippen molar-refractivity contribution < 1.29 is 14.6 Å². The number of phenols is 1. The number of benzene rings is 1. The summed E-state index contributed by atoms with van der Waals surface area (Å²) in [6, 6.07) is 5.47. The lowest BCUT2D eigenvalue weighted by molar-refractivity contribution is 0.102. The number of nitrogens with zero attached hydrogens (tertiary/aromatic N) is 2. The van der Waals surface area contributed by atoms with Gasteiger partial charge in [-0.05, 0) is 18.2 Å². The smallest absolute Gasteiger partial charge is 0.258 e. The van der Waals surface area contributed by atoms with Crippen molar-refractivity contribution in [2.75, 3.05) is 12.4 Å². The molecule has 0 spiro atoms. The van der Waals surface area contributed by atoms with Gasteiger partial charge in [-0.3, -0.25) is 10.1 Å². The van der Waals surface area contributed by atoms with Crippen LogP contribution in [0, 0.1) is 0 Å². The minimum atomic E-state index is -0.490. The van der Waals surface area contributed by atoms with Gasteiger partial charge in [0.1, 0.15) is 10.9 Å². The molecular weight excluding hydrogens is 305 g/mol. The lowest BCUT2D eigenvalue weighted by Gasteiger charge is -2.06. The van der Waals surface area contributed by atoms with E-state index in [2.05, 4.69) is 15.3 Å². The number of anilines is 1. The number of methoxy groups -OCH3 is 1. The van der Waals surface area contributed by atoms with Crippen molar-refractivity contribution in [2.45, 2.75) is 0 Å². The fraction of sp³-hybridized carbons (Fsp3) is 0.0833. The summed E-state index contributed by atoms with van der Waals surface area (Å²) in [7, 11) is 1.42. The minimum Gasteiger partial charge on any atom is -0.506 e. The first-order chi connectivity index (χ1) is 9.49. The largest absolute Gasteiger partial charge is 0.506 e. The number of ether oxygens (including phenoxy) is 1. The molecule has 0 saturated carbocycles. The van der Waals surface area contributed by atoms with Gasteiger partial charge in [-0.15, -0.1) is 0 Å². The maximum Gasteiger partial charge on any atom is 0.258 e. The molecule has 0 fully saturated rings. The van der Waals surface area contributed by atoms with Crippen molar-refractivity contribution in [3.8, 4) is 11.6 Å². The van der Waals surface area contributed by atoms with Gasteiger partial charge in [-0.2, -0.15) is 4.98 Å². The average Bonchev–Trinajstić information content (AvgIpc) is 2.41. The van der Waals surface area contributed by atoms with Gasteiger partial charge in [0.2, 0.25) is 11.8 Å². The van der Waals surface area contributed by atoms with Gasteiger partial charge >= 0.3 is 0 Å². The molecule has 1 aromatic carbocycles. The van der Waals surface area contributed by atoms with Crippen LogP contribution in [-0.4, -0.2) is 28.1 Å². The Morgan fingerprint density at radius 3 is 2.70 bits per heavy atom. The van der Waals surface area contributed by atoms with E-state index >= 15 is 0 Å². The normalized spacial score (nSPS) is 10.2. The standard InChI is InChI=1S/C12H9Cl2N3O3/c1-20-10-5-9(14)15-12(16-10)17-11(19)6-2-3-8(18)7(13)4-6/h2-5,18H,1H3,(H,15,16,17,19). The number of rotatable bonds is 3. The third-order valence-corrected chi connectivity index (χ3v) is 2.81. The Morgan fingerprint density at radius 1 is 1.30 bits per heavy atom. The van der Waals surface area contributed by atoms with E-state index in [1.54, 1.807) is 0 Å². The van der Waals surface area contributed by atoms with Gasteiger partial charge < -0.3 is 9.84 Å². The highest BCUT2D eigenvalue weighted by atomic mass is 35.5. The predicted molar refractivity (Wildman–Crippen MR) is 74.7 cm³/mol. The number of amides is 1. The summed E-state index contributed by atoms with van der Waals surface area (Å²) in [6.07, 6.45) is 0. The van der Waals surface area contributed by atoms with Crippen molar-refractivity contribution in [1.82, 2.24) is 9.97 Å². The van der Waals surface area contributed by atoms with Crippen LogP contribution in [0.25, 0.3) is 0 Å². The fourth-order valence-corrected chi connectivity index (χ4v) is 1.73. The van der Waals surface area contributed by atoms with E-state index in [1.165, 1.54) is 31.4 Å². The third kappa shape index (κ3) is 3.28. The van der Waals surface area contributed by atoms with Crippen LogP contribution in [0.3, 0.4) is 0 Å². The Balaban J connectivity index is 2.23. The molecule has 0 aliphatic heterocycles. The zero-order valence-electron chi connectivity index (χ0n) is 10.2. The van der Waals surface area contributed by atoms with Crippen LogP contribution in [0.2, 0.25) is 10.2 Å². The molecule has 0 radical (unpaired) electrons. The number of phenolic OH excluding ortho intramolecular Hbond substituents is 1. The van der Waals surface area contributed by atoms with Crippen LogP contribution in [0.5, 0.6) is 11.6 Å². The summed E-state index contributed by atoms with van der Waals surface area (Å²) in [5.74, 6) is -0.368.